The van der Waals surface area contributed by atoms with E-state index in [2.05, 4.69) is 62.3 Å². The van der Waals surface area contributed by atoms with Crippen LogP contribution >= 0.6 is 0 Å². The van der Waals surface area contributed by atoms with Crippen molar-refractivity contribution in [1.29, 1.82) is 0 Å². The fourth-order valence-corrected chi connectivity index (χ4v) is 15.4. The summed E-state index contributed by atoms with van der Waals surface area (Å²) in [6, 6.07) is 0. The molecule has 15 heteroatoms. The van der Waals surface area contributed by atoms with Gasteiger partial charge in [0, 0.05) is 97.6 Å². The first-order valence-electron chi connectivity index (χ1n) is 46.1. The van der Waals surface area contributed by atoms with Crippen LogP contribution in [0.1, 0.15) is 429 Å². The molecule has 5 amide bonds. The third kappa shape index (κ3) is 60.8. The molecular weight excluding hydrogens is 1320 g/mol. The predicted octanol–water partition coefficient (Wildman–Crippen LogP) is 23.1. The van der Waals surface area contributed by atoms with Crippen LogP contribution in [0, 0.1) is 0 Å². The van der Waals surface area contributed by atoms with Gasteiger partial charge < -0.3 is 48.2 Å². The highest BCUT2D eigenvalue weighted by atomic mass is 16.5. The van der Waals surface area contributed by atoms with Crippen LogP contribution < -0.4 is 0 Å². The summed E-state index contributed by atoms with van der Waals surface area (Å²) in [6.45, 7) is 34.2. The average Bonchev–Trinajstić information content (AvgIpc) is 0.886. The van der Waals surface area contributed by atoms with Gasteiger partial charge in [0.15, 0.2) is 0 Å². The molecule has 5 aliphatic heterocycles. The first-order chi connectivity index (χ1) is 51.6. The van der Waals surface area contributed by atoms with Crippen LogP contribution in [0.25, 0.3) is 0 Å². The monoisotopic (exact) mass is 1500 g/mol. The van der Waals surface area contributed by atoms with Gasteiger partial charge in [-0.15, -0.1) is 0 Å². The Kier molecular flexibility index (Phi) is 70.3. The summed E-state index contributed by atoms with van der Waals surface area (Å²) < 4.78 is 27.5. The number of carbonyl (C=O) groups is 5. The Hall–Kier alpha value is -2.85. The van der Waals surface area contributed by atoms with E-state index in [1.165, 1.54) is 289 Å². The smallest absolute Gasteiger partial charge is 0.222 e. The van der Waals surface area contributed by atoms with Crippen LogP contribution in [0.15, 0.2) is 0 Å². The van der Waals surface area contributed by atoms with E-state index in [0.717, 1.165) is 123 Å². The van der Waals surface area contributed by atoms with Crippen molar-refractivity contribution in [2.24, 2.45) is 0 Å². The second-order valence-corrected chi connectivity index (χ2v) is 32.8. The molecule has 6 atom stereocenters. The largest absolute Gasteiger partial charge is 0.378 e. The fraction of sp³-hybridized carbons (Fsp3) is 0.945. The highest BCUT2D eigenvalue weighted by Crippen LogP contribution is 2.21. The van der Waals surface area contributed by atoms with E-state index in [4.69, 9.17) is 23.7 Å². The van der Waals surface area contributed by atoms with Crippen LogP contribution in [0.2, 0.25) is 0 Å². The minimum atomic E-state index is 0.181. The molecule has 15 nitrogen and oxygen atoms in total. The topological polar surface area (TPSA) is 148 Å². The Morgan fingerprint density at radius 2 is 0.340 bits per heavy atom. The van der Waals surface area contributed by atoms with E-state index in [-0.39, 0.29) is 36.6 Å². The number of nitrogens with zero attached hydrogens (tertiary/aromatic N) is 5. The first kappa shape index (κ1) is 101. The zero-order valence-corrected chi connectivity index (χ0v) is 72.1. The normalized spacial score (nSPS) is 19.6. The van der Waals surface area contributed by atoms with Gasteiger partial charge >= 0.3 is 0 Å². The van der Waals surface area contributed by atoms with E-state index >= 15 is 0 Å². The fourth-order valence-electron chi connectivity index (χ4n) is 15.4. The third-order valence-corrected chi connectivity index (χ3v) is 21.8. The summed E-state index contributed by atoms with van der Waals surface area (Å²) in [5, 5.41) is 0. The molecule has 0 aromatic heterocycles. The van der Waals surface area contributed by atoms with Crippen molar-refractivity contribution < 1.29 is 47.7 Å². The van der Waals surface area contributed by atoms with E-state index in [9.17, 15) is 24.0 Å². The van der Waals surface area contributed by atoms with Crippen molar-refractivity contribution in [2.75, 3.05) is 91.9 Å². The van der Waals surface area contributed by atoms with Crippen LogP contribution in [-0.4, -0.2) is 183 Å². The number of rotatable bonds is 55. The molecule has 5 saturated heterocycles. The van der Waals surface area contributed by atoms with Gasteiger partial charge in [0.05, 0.1) is 63.1 Å². The maximum Gasteiger partial charge on any atom is 0.222 e. The van der Waals surface area contributed by atoms with Crippen LogP contribution in [0.5, 0.6) is 0 Å². The molecule has 0 saturated carbocycles. The summed E-state index contributed by atoms with van der Waals surface area (Å²) >= 11 is 0. The number of carbonyl (C=O) groups excluding carboxylic acids is 5. The molecule has 5 aliphatic rings. The molecule has 0 aliphatic carbocycles. The zero-order valence-electron chi connectivity index (χ0n) is 72.1. The molecule has 0 radical (unpaired) electrons. The van der Waals surface area contributed by atoms with E-state index in [0.29, 0.717) is 62.4 Å². The van der Waals surface area contributed by atoms with Gasteiger partial charge in [-0.1, -0.05) is 324 Å². The average molecular weight is 1500 g/mol. The van der Waals surface area contributed by atoms with E-state index in [1.807, 2.05) is 38.3 Å². The first-order valence-corrected chi connectivity index (χ1v) is 46.1. The molecule has 626 valence electrons. The molecule has 5 rings (SSSR count). The van der Waals surface area contributed by atoms with Gasteiger partial charge in [0.1, 0.15) is 0 Å². The summed E-state index contributed by atoms with van der Waals surface area (Å²) in [6.07, 6.45) is 70.8. The van der Waals surface area contributed by atoms with Crippen molar-refractivity contribution >= 4 is 29.5 Å². The summed E-state index contributed by atoms with van der Waals surface area (Å²) in [5.41, 5.74) is 0. The molecule has 5 fully saturated rings. The standard InChI is InChI=1S/C22H43NO2.C20H39NO2.C19H37NO2.C17H33NO2.C13H25NO2/c1-2-3-4-5-6-7-8-9-10-11-12-13-14-15-16-17-22(24)23-18-20-25-21-19-23;1-4-5-6-7-8-9-10-11-12-13-14-15-20(22)21-16-18(2)23-19(3)17-21;1-4-5-6-7-8-9-10-11-12-13-14-19(21)20-15-17(2)22-18(3)16-20;1-4-5-6-7-8-9-10-11-12-17(19)18-13-15(2)20-16(3)14-18;1-2-3-4-5-6-7-8-13(15)14-9-11-16-12-10-14/h2-21H2,1H3;18-19H,4-17H2,1-3H3;17-18H,4-16H2,1-3H3;15-16H,4-14H2,1-3H3;2-12H2,1H3. The van der Waals surface area contributed by atoms with Crippen molar-refractivity contribution in [3.05, 3.63) is 0 Å². The lowest BCUT2D eigenvalue weighted by atomic mass is 10.0. The minimum Gasteiger partial charge on any atom is -0.378 e. The number of amides is 5. The Balaban J connectivity index is 0.000000667. The third-order valence-electron chi connectivity index (χ3n) is 21.8. The summed E-state index contributed by atoms with van der Waals surface area (Å²) in [4.78, 5) is 70.2. The van der Waals surface area contributed by atoms with Crippen molar-refractivity contribution in [3.63, 3.8) is 0 Å². The summed E-state index contributed by atoms with van der Waals surface area (Å²) in [5.74, 6) is 1.61. The molecule has 0 spiro atoms. The SMILES string of the molecule is CCCCCCCCC(=O)N1CCOCC1.CCCCCCCCCCC(=O)N1CC(C)OC(C)C1.CCCCCCCCCCCCC(=O)N1CC(C)OC(C)C1.CCCCCCCCCCCCCC(=O)N1CC(C)OC(C)C1.CCCCCCCCCCCCCCCCCC(=O)N1CCOCC1. The molecule has 6 unspecified atom stereocenters. The molecule has 106 heavy (non-hydrogen) atoms. The zero-order chi connectivity index (χ0) is 77.6. The van der Waals surface area contributed by atoms with Crippen molar-refractivity contribution in [3.8, 4) is 0 Å². The van der Waals surface area contributed by atoms with E-state index in [1.54, 1.807) is 0 Å². The van der Waals surface area contributed by atoms with Gasteiger partial charge in [-0.2, -0.15) is 0 Å². The predicted molar refractivity (Wildman–Crippen MR) is 447 cm³/mol. The number of morpholine rings is 5. The number of ether oxygens (including phenoxy) is 5. The van der Waals surface area contributed by atoms with Gasteiger partial charge in [-0.3, -0.25) is 24.0 Å². The van der Waals surface area contributed by atoms with Crippen LogP contribution in [0.4, 0.5) is 0 Å². The maximum atomic E-state index is 12.2. The molecule has 0 N–H and O–H groups in total. The van der Waals surface area contributed by atoms with Crippen molar-refractivity contribution in [2.45, 2.75) is 466 Å². The van der Waals surface area contributed by atoms with Crippen molar-refractivity contribution in [1.82, 2.24) is 24.5 Å². The Bertz CT molecular complexity index is 1960. The molecular formula is C91H177N5O10. The van der Waals surface area contributed by atoms with Gasteiger partial charge in [0.25, 0.3) is 0 Å². The second kappa shape index (κ2) is 73.6. The van der Waals surface area contributed by atoms with E-state index < -0.39 is 0 Å². The number of hydrogen-bond donors (Lipinski definition) is 0. The highest BCUT2D eigenvalue weighted by molar-refractivity contribution is 5.78. The van der Waals surface area contributed by atoms with Gasteiger partial charge in [-0.25, -0.2) is 0 Å². The lowest BCUT2D eigenvalue weighted by Crippen LogP contribution is -2.48. The summed E-state index contributed by atoms with van der Waals surface area (Å²) in [7, 11) is 0. The number of unbranched alkanes of at least 4 members (excludes halogenated alkanes) is 45. The maximum absolute atomic E-state index is 12.2. The highest BCUT2D eigenvalue weighted by Gasteiger charge is 2.28. The lowest BCUT2D eigenvalue weighted by molar-refractivity contribution is -0.143. The lowest BCUT2D eigenvalue weighted by Gasteiger charge is -2.35. The van der Waals surface area contributed by atoms with Crippen LogP contribution in [0.3, 0.4) is 0 Å². The molecule has 0 aromatic carbocycles. The Labute approximate surface area is 656 Å². The minimum absolute atomic E-state index is 0.181. The molecule has 0 bridgehead atoms. The Morgan fingerprint density at radius 1 is 0.208 bits per heavy atom. The number of hydrogen-bond acceptors (Lipinski definition) is 10. The molecule has 0 aromatic rings. The van der Waals surface area contributed by atoms with Gasteiger partial charge in [-0.05, 0) is 73.6 Å². The van der Waals surface area contributed by atoms with Gasteiger partial charge in [0.2, 0.25) is 29.5 Å². The molecule has 5 heterocycles. The van der Waals surface area contributed by atoms with Crippen LogP contribution in [-0.2, 0) is 47.7 Å². The second-order valence-electron chi connectivity index (χ2n) is 32.8. The quantitative estimate of drug-likeness (QED) is 0.0539. The Morgan fingerprint density at radius 3 is 0.491 bits per heavy atom.